The van der Waals surface area contributed by atoms with Gasteiger partial charge in [0.05, 0.1) is 0 Å². The summed E-state index contributed by atoms with van der Waals surface area (Å²) in [5.41, 5.74) is 2.04. The number of nitrogens with one attached hydrogen (secondary N) is 2. The number of anilines is 1. The van der Waals surface area contributed by atoms with Gasteiger partial charge in [0.15, 0.2) is 0 Å². The fourth-order valence-electron chi connectivity index (χ4n) is 1.90. The molecule has 0 aliphatic carbocycles. The molecule has 1 aromatic carbocycles. The number of carbonyl (C=O) groups is 1. The van der Waals surface area contributed by atoms with Gasteiger partial charge in [-0.1, -0.05) is 24.3 Å². The Kier molecular flexibility index (Phi) is 5.58. The van der Waals surface area contributed by atoms with Crippen molar-refractivity contribution in [3.63, 3.8) is 0 Å². The van der Waals surface area contributed by atoms with E-state index in [1.807, 2.05) is 42.6 Å². The zero-order valence-electron chi connectivity index (χ0n) is 11.4. The molecule has 4 heteroatoms. The Morgan fingerprint density at radius 3 is 2.65 bits per heavy atom. The van der Waals surface area contributed by atoms with E-state index in [0.717, 1.165) is 24.9 Å². The van der Waals surface area contributed by atoms with Gasteiger partial charge in [-0.25, -0.2) is 4.79 Å². The normalized spacial score (nSPS) is 10.0. The number of para-hydroxylation sites is 1. The molecule has 2 amide bonds. The highest BCUT2D eigenvalue weighted by Crippen LogP contribution is 2.04. The highest BCUT2D eigenvalue weighted by Gasteiger charge is 2.00. The first-order valence-electron chi connectivity index (χ1n) is 6.83. The minimum Gasteiger partial charge on any atom is -0.338 e. The fourth-order valence-corrected chi connectivity index (χ4v) is 1.90. The number of hydrogen-bond acceptors (Lipinski definition) is 2. The molecule has 0 saturated heterocycles. The molecule has 2 N–H and O–H groups in total. The highest BCUT2D eigenvalue weighted by atomic mass is 16.2. The first kappa shape index (κ1) is 14.1. The summed E-state index contributed by atoms with van der Waals surface area (Å²) >= 11 is 0. The zero-order valence-corrected chi connectivity index (χ0v) is 11.4. The van der Waals surface area contributed by atoms with Gasteiger partial charge in [-0.3, -0.25) is 4.98 Å². The summed E-state index contributed by atoms with van der Waals surface area (Å²) < 4.78 is 0. The molecule has 0 fully saturated rings. The number of hydrogen-bond donors (Lipinski definition) is 2. The van der Waals surface area contributed by atoms with Crippen molar-refractivity contribution in [3.8, 4) is 0 Å². The van der Waals surface area contributed by atoms with E-state index in [9.17, 15) is 4.79 Å². The number of nitrogens with zero attached hydrogens (tertiary/aromatic N) is 1. The molecule has 1 heterocycles. The van der Waals surface area contributed by atoms with Gasteiger partial charge in [0, 0.05) is 24.6 Å². The SMILES string of the molecule is O=C(NCCCCc1cccnc1)Nc1ccccc1. The number of benzene rings is 1. The van der Waals surface area contributed by atoms with Crippen LogP contribution >= 0.6 is 0 Å². The third kappa shape index (κ3) is 5.10. The molecule has 0 spiro atoms. The van der Waals surface area contributed by atoms with Crippen LogP contribution in [0.3, 0.4) is 0 Å². The van der Waals surface area contributed by atoms with Crippen molar-refractivity contribution in [3.05, 3.63) is 60.4 Å². The Hall–Kier alpha value is -2.36. The van der Waals surface area contributed by atoms with E-state index in [0.29, 0.717) is 6.54 Å². The second kappa shape index (κ2) is 7.94. The molecule has 0 atom stereocenters. The average molecular weight is 269 g/mol. The van der Waals surface area contributed by atoms with Gasteiger partial charge < -0.3 is 10.6 Å². The van der Waals surface area contributed by atoms with Gasteiger partial charge >= 0.3 is 6.03 Å². The molecule has 2 rings (SSSR count). The summed E-state index contributed by atoms with van der Waals surface area (Å²) in [6.45, 7) is 0.679. The van der Waals surface area contributed by atoms with Crippen molar-refractivity contribution < 1.29 is 4.79 Å². The first-order chi connectivity index (χ1) is 9.84. The van der Waals surface area contributed by atoms with Gasteiger partial charge in [0.25, 0.3) is 0 Å². The Labute approximate surface area is 119 Å². The summed E-state index contributed by atoms with van der Waals surface area (Å²) in [4.78, 5) is 15.7. The third-order valence-electron chi connectivity index (χ3n) is 2.93. The summed E-state index contributed by atoms with van der Waals surface area (Å²) in [6.07, 6.45) is 6.65. The maximum absolute atomic E-state index is 11.6. The molecular formula is C16H19N3O. The molecule has 0 bridgehead atoms. The van der Waals surface area contributed by atoms with Gasteiger partial charge in [-0.15, -0.1) is 0 Å². The quantitative estimate of drug-likeness (QED) is 0.791. The number of carbonyl (C=O) groups excluding carboxylic acids is 1. The second-order valence-corrected chi connectivity index (χ2v) is 4.57. The van der Waals surface area contributed by atoms with E-state index in [2.05, 4.69) is 21.7 Å². The smallest absolute Gasteiger partial charge is 0.319 e. The largest absolute Gasteiger partial charge is 0.338 e. The van der Waals surface area contributed by atoms with Gasteiger partial charge in [0.2, 0.25) is 0 Å². The van der Waals surface area contributed by atoms with E-state index in [4.69, 9.17) is 0 Å². The molecule has 0 radical (unpaired) electrons. The number of aryl methyl sites for hydroxylation is 1. The van der Waals surface area contributed by atoms with Crippen LogP contribution in [0, 0.1) is 0 Å². The van der Waals surface area contributed by atoms with Crippen molar-refractivity contribution in [2.75, 3.05) is 11.9 Å². The van der Waals surface area contributed by atoms with Crippen LogP contribution in [0.5, 0.6) is 0 Å². The summed E-state index contributed by atoms with van der Waals surface area (Å²) in [7, 11) is 0. The van der Waals surface area contributed by atoms with Crippen molar-refractivity contribution in [2.45, 2.75) is 19.3 Å². The van der Waals surface area contributed by atoms with Crippen molar-refractivity contribution in [1.82, 2.24) is 10.3 Å². The van der Waals surface area contributed by atoms with Gasteiger partial charge in [-0.2, -0.15) is 0 Å². The predicted molar refractivity (Wildman–Crippen MR) is 80.6 cm³/mol. The summed E-state index contributed by atoms with van der Waals surface area (Å²) in [5.74, 6) is 0. The van der Waals surface area contributed by atoms with Crippen LogP contribution in [0.15, 0.2) is 54.9 Å². The van der Waals surface area contributed by atoms with Crippen LogP contribution in [-0.4, -0.2) is 17.6 Å². The highest BCUT2D eigenvalue weighted by molar-refractivity contribution is 5.89. The maximum atomic E-state index is 11.6. The topological polar surface area (TPSA) is 54.0 Å². The van der Waals surface area contributed by atoms with E-state index >= 15 is 0 Å². The number of pyridine rings is 1. The number of rotatable bonds is 6. The van der Waals surface area contributed by atoms with E-state index in [1.165, 1.54) is 5.56 Å². The van der Waals surface area contributed by atoms with E-state index < -0.39 is 0 Å². The van der Waals surface area contributed by atoms with Crippen LogP contribution in [-0.2, 0) is 6.42 Å². The van der Waals surface area contributed by atoms with Crippen LogP contribution in [0.25, 0.3) is 0 Å². The molecule has 0 aliphatic heterocycles. The standard InChI is InChI=1S/C16H19N3O/c20-16(19-15-9-2-1-3-10-15)18-12-5-4-7-14-8-6-11-17-13-14/h1-3,6,8-11,13H,4-5,7,12H2,(H2,18,19,20). The molecule has 104 valence electrons. The maximum Gasteiger partial charge on any atom is 0.319 e. The number of unbranched alkanes of at least 4 members (excludes halogenated alkanes) is 1. The van der Waals surface area contributed by atoms with Crippen molar-refractivity contribution in [2.24, 2.45) is 0 Å². The number of amides is 2. The van der Waals surface area contributed by atoms with Crippen molar-refractivity contribution >= 4 is 11.7 Å². The fraction of sp³-hybridized carbons (Fsp3) is 0.250. The Balaban J connectivity index is 1.58. The lowest BCUT2D eigenvalue weighted by Crippen LogP contribution is -2.29. The lowest BCUT2D eigenvalue weighted by Gasteiger charge is -2.07. The van der Waals surface area contributed by atoms with Gasteiger partial charge in [0.1, 0.15) is 0 Å². The lowest BCUT2D eigenvalue weighted by atomic mass is 10.1. The van der Waals surface area contributed by atoms with Crippen LogP contribution < -0.4 is 10.6 Å². The second-order valence-electron chi connectivity index (χ2n) is 4.57. The van der Waals surface area contributed by atoms with Gasteiger partial charge in [-0.05, 0) is 43.0 Å². The molecule has 0 aliphatic rings. The first-order valence-corrected chi connectivity index (χ1v) is 6.83. The molecule has 2 aromatic rings. The minimum atomic E-state index is -0.155. The number of urea groups is 1. The Morgan fingerprint density at radius 2 is 1.90 bits per heavy atom. The van der Waals surface area contributed by atoms with Crippen molar-refractivity contribution in [1.29, 1.82) is 0 Å². The molecular weight excluding hydrogens is 250 g/mol. The molecule has 4 nitrogen and oxygen atoms in total. The van der Waals surface area contributed by atoms with Crippen LogP contribution in [0.2, 0.25) is 0 Å². The zero-order chi connectivity index (χ0) is 14.0. The molecule has 0 saturated carbocycles. The molecule has 20 heavy (non-hydrogen) atoms. The molecule has 0 unspecified atom stereocenters. The summed E-state index contributed by atoms with van der Waals surface area (Å²) in [6, 6.07) is 13.3. The average Bonchev–Trinajstić information content (AvgIpc) is 2.49. The monoisotopic (exact) mass is 269 g/mol. The van der Waals surface area contributed by atoms with Crippen LogP contribution in [0.1, 0.15) is 18.4 Å². The predicted octanol–water partition coefficient (Wildman–Crippen LogP) is 3.23. The molecule has 1 aromatic heterocycles. The van der Waals surface area contributed by atoms with E-state index in [-0.39, 0.29) is 6.03 Å². The minimum absolute atomic E-state index is 0.155. The summed E-state index contributed by atoms with van der Waals surface area (Å²) in [5, 5.41) is 5.64. The van der Waals surface area contributed by atoms with E-state index in [1.54, 1.807) is 6.20 Å². The lowest BCUT2D eigenvalue weighted by molar-refractivity contribution is 0.252. The Bertz CT molecular complexity index is 514. The Morgan fingerprint density at radius 1 is 1.05 bits per heavy atom. The number of aromatic nitrogens is 1. The third-order valence-corrected chi connectivity index (χ3v) is 2.93. The van der Waals surface area contributed by atoms with Crippen LogP contribution in [0.4, 0.5) is 10.5 Å².